The fraction of sp³-hybridized carbons (Fsp3) is 0.448. The van der Waals surface area contributed by atoms with Crippen LogP contribution in [0.15, 0.2) is 36.5 Å². The van der Waals surface area contributed by atoms with Crippen molar-refractivity contribution in [1.29, 1.82) is 5.26 Å². The number of benzene rings is 2. The zero-order chi connectivity index (χ0) is 27.9. The van der Waals surface area contributed by atoms with Crippen molar-refractivity contribution in [2.45, 2.75) is 70.7 Å². The Morgan fingerprint density at radius 3 is 2.29 bits per heavy atom. The van der Waals surface area contributed by atoms with Crippen LogP contribution >= 0.6 is 0 Å². The minimum absolute atomic E-state index is 0.0118. The molecule has 0 saturated carbocycles. The standard InChI is InChI=1S/C29H35F2N3O3Si/c1-17(2)38(18(3)4,19(5)6)34-11-10-23-24(13-22-16-33(7)29(35)37-22)28(26(31)14-27(23)34)36-21-8-9-25(30)20(12-21)15-32/h8-12,14,17-19,22H,13,16H2,1-7H3. The smallest absolute Gasteiger partial charge is 0.409 e. The molecule has 2 heterocycles. The van der Waals surface area contributed by atoms with E-state index in [1.807, 2.05) is 6.07 Å². The van der Waals surface area contributed by atoms with E-state index >= 15 is 4.39 Å². The Hall–Kier alpha value is -3.38. The molecule has 1 aromatic heterocycles. The van der Waals surface area contributed by atoms with Gasteiger partial charge < -0.3 is 18.6 Å². The maximum Gasteiger partial charge on any atom is 0.409 e. The summed E-state index contributed by atoms with van der Waals surface area (Å²) in [6.45, 7) is 13.9. The summed E-state index contributed by atoms with van der Waals surface area (Å²) in [7, 11) is -0.540. The molecule has 1 fully saturated rings. The molecular weight excluding hydrogens is 504 g/mol. The lowest BCUT2D eigenvalue weighted by molar-refractivity contribution is 0.134. The zero-order valence-electron chi connectivity index (χ0n) is 23.0. The van der Waals surface area contributed by atoms with Gasteiger partial charge in [-0.25, -0.2) is 13.6 Å². The molecule has 0 radical (unpaired) electrons. The van der Waals surface area contributed by atoms with E-state index in [-0.39, 0.29) is 23.5 Å². The first kappa shape index (κ1) is 27.6. The SMILES string of the molecule is CC(C)[Si](C(C)C)(C(C)C)n1ccc2c(CC3CN(C)C(=O)O3)c(Oc3ccc(F)c(C#N)c3)c(F)cc21. The van der Waals surface area contributed by atoms with Crippen molar-refractivity contribution in [1.82, 2.24) is 9.13 Å². The highest BCUT2D eigenvalue weighted by Gasteiger charge is 2.46. The molecule has 1 saturated heterocycles. The van der Waals surface area contributed by atoms with Crippen molar-refractivity contribution in [2.24, 2.45) is 0 Å². The van der Waals surface area contributed by atoms with Crippen molar-refractivity contribution < 1.29 is 23.0 Å². The Morgan fingerprint density at radius 2 is 1.74 bits per heavy atom. The van der Waals surface area contributed by atoms with Gasteiger partial charge in [0.1, 0.15) is 23.7 Å². The number of likely N-dealkylation sites (N-methyl/N-ethyl adjacent to an activating group) is 1. The van der Waals surface area contributed by atoms with Gasteiger partial charge >= 0.3 is 6.09 Å². The van der Waals surface area contributed by atoms with Crippen molar-refractivity contribution in [2.75, 3.05) is 13.6 Å². The van der Waals surface area contributed by atoms with Crippen LogP contribution in [0.2, 0.25) is 16.6 Å². The molecule has 9 heteroatoms. The van der Waals surface area contributed by atoms with Crippen LogP contribution in [0.4, 0.5) is 13.6 Å². The highest BCUT2D eigenvalue weighted by Crippen LogP contribution is 2.46. The van der Waals surface area contributed by atoms with Gasteiger partial charge in [0.2, 0.25) is 0 Å². The number of amides is 1. The predicted molar refractivity (Wildman–Crippen MR) is 146 cm³/mol. The maximum atomic E-state index is 16.0. The maximum absolute atomic E-state index is 16.0. The Balaban J connectivity index is 1.93. The third kappa shape index (κ3) is 4.55. The molecule has 4 rings (SSSR count). The second kappa shape index (κ2) is 10.4. The molecule has 0 spiro atoms. The summed E-state index contributed by atoms with van der Waals surface area (Å²) < 4.78 is 43.8. The molecule has 1 aliphatic heterocycles. The third-order valence-corrected chi connectivity index (χ3v) is 14.7. The van der Waals surface area contributed by atoms with E-state index in [2.05, 4.69) is 52.0 Å². The minimum atomic E-state index is -2.20. The Bertz CT molecular complexity index is 1390. The highest BCUT2D eigenvalue weighted by atomic mass is 28.3. The summed E-state index contributed by atoms with van der Waals surface area (Å²) >= 11 is 0. The summed E-state index contributed by atoms with van der Waals surface area (Å²) in [6.07, 6.45) is 1.41. The third-order valence-electron chi connectivity index (χ3n) is 7.96. The molecule has 1 unspecified atom stereocenters. The first-order valence-corrected chi connectivity index (χ1v) is 15.2. The lowest BCUT2D eigenvalue weighted by atomic mass is 10.0. The van der Waals surface area contributed by atoms with E-state index < -0.39 is 32.1 Å². The molecule has 0 bridgehead atoms. The van der Waals surface area contributed by atoms with Gasteiger partial charge in [-0.2, -0.15) is 5.26 Å². The van der Waals surface area contributed by atoms with Crippen LogP contribution in [-0.2, 0) is 11.2 Å². The molecule has 3 aromatic rings. The molecular formula is C29H35F2N3O3Si. The molecule has 0 N–H and O–H groups in total. The van der Waals surface area contributed by atoms with E-state index in [1.165, 1.54) is 23.1 Å². The number of hydrogen-bond acceptors (Lipinski definition) is 4. The van der Waals surface area contributed by atoms with Gasteiger partial charge in [-0.1, -0.05) is 41.5 Å². The quantitative estimate of drug-likeness (QED) is 0.277. The first-order valence-electron chi connectivity index (χ1n) is 13.0. The molecule has 38 heavy (non-hydrogen) atoms. The largest absolute Gasteiger partial charge is 0.454 e. The number of hydrogen-bond donors (Lipinski definition) is 0. The second-order valence-corrected chi connectivity index (χ2v) is 16.8. The predicted octanol–water partition coefficient (Wildman–Crippen LogP) is 7.60. The van der Waals surface area contributed by atoms with Crippen LogP contribution in [0.1, 0.15) is 52.7 Å². The summed E-state index contributed by atoms with van der Waals surface area (Å²) in [5, 5.41) is 10.1. The van der Waals surface area contributed by atoms with Gasteiger partial charge in [0, 0.05) is 42.1 Å². The molecule has 2 aromatic carbocycles. The van der Waals surface area contributed by atoms with E-state index in [0.717, 1.165) is 17.0 Å². The van der Waals surface area contributed by atoms with E-state index in [0.29, 0.717) is 28.7 Å². The van der Waals surface area contributed by atoms with Crippen LogP contribution in [0, 0.1) is 23.0 Å². The molecule has 6 nitrogen and oxygen atoms in total. The number of aromatic nitrogens is 1. The zero-order valence-corrected chi connectivity index (χ0v) is 24.0. The van der Waals surface area contributed by atoms with Gasteiger partial charge in [-0.3, -0.25) is 0 Å². The fourth-order valence-corrected chi connectivity index (χ4v) is 13.1. The number of halogens is 2. The van der Waals surface area contributed by atoms with E-state index in [9.17, 15) is 14.4 Å². The summed E-state index contributed by atoms with van der Waals surface area (Å²) in [5.41, 5.74) is 2.37. The highest BCUT2D eigenvalue weighted by molar-refractivity contribution is 6.82. The van der Waals surface area contributed by atoms with Crippen molar-refractivity contribution >= 4 is 25.2 Å². The summed E-state index contributed by atoms with van der Waals surface area (Å²) in [5.74, 6) is -1.10. The topological polar surface area (TPSA) is 67.5 Å². The van der Waals surface area contributed by atoms with Gasteiger partial charge in [-0.15, -0.1) is 0 Å². The molecule has 1 amide bonds. The van der Waals surface area contributed by atoms with Crippen LogP contribution in [-0.4, -0.2) is 43.2 Å². The second-order valence-electron chi connectivity index (χ2n) is 11.1. The number of nitrogens with zero attached hydrogens (tertiary/aromatic N) is 3. The first-order chi connectivity index (χ1) is 17.9. The number of nitriles is 1. The average Bonchev–Trinajstić information content (AvgIpc) is 3.39. The van der Waals surface area contributed by atoms with E-state index in [4.69, 9.17) is 9.47 Å². The van der Waals surface area contributed by atoms with E-state index in [1.54, 1.807) is 13.1 Å². The van der Waals surface area contributed by atoms with Gasteiger partial charge in [0.15, 0.2) is 19.8 Å². The number of rotatable bonds is 8. The average molecular weight is 540 g/mol. The Morgan fingerprint density at radius 1 is 1.08 bits per heavy atom. The minimum Gasteiger partial charge on any atom is -0.454 e. The Kier molecular flexibility index (Phi) is 7.57. The Labute approximate surface area is 223 Å². The fourth-order valence-electron chi connectivity index (χ4n) is 6.54. The molecule has 0 aliphatic carbocycles. The lowest BCUT2D eigenvalue weighted by Crippen LogP contribution is -2.51. The number of fused-ring (bicyclic) bond motifs is 1. The van der Waals surface area contributed by atoms with Gasteiger partial charge in [0.05, 0.1) is 12.1 Å². The van der Waals surface area contributed by atoms with Crippen molar-refractivity contribution in [3.63, 3.8) is 0 Å². The molecule has 202 valence electrons. The molecule has 1 atom stereocenters. The molecule has 1 aliphatic rings. The van der Waals surface area contributed by atoms with Crippen LogP contribution in [0.25, 0.3) is 10.9 Å². The van der Waals surface area contributed by atoms with Crippen molar-refractivity contribution in [3.05, 3.63) is 59.3 Å². The number of carbonyl (C=O) groups excluding carboxylic acids is 1. The lowest BCUT2D eigenvalue weighted by Gasteiger charge is -2.44. The van der Waals surface area contributed by atoms with Crippen molar-refractivity contribution in [3.8, 4) is 17.6 Å². The van der Waals surface area contributed by atoms with Crippen LogP contribution < -0.4 is 4.74 Å². The van der Waals surface area contributed by atoms with Crippen LogP contribution in [0.5, 0.6) is 11.5 Å². The summed E-state index contributed by atoms with van der Waals surface area (Å²) in [6, 6.07) is 9.06. The number of ether oxygens (including phenoxy) is 2. The van der Waals surface area contributed by atoms with Gasteiger partial charge in [0.25, 0.3) is 0 Å². The normalized spacial score (nSPS) is 16.1. The van der Waals surface area contributed by atoms with Crippen LogP contribution in [0.3, 0.4) is 0 Å². The number of carbonyl (C=O) groups is 1. The van der Waals surface area contributed by atoms with Gasteiger partial charge in [-0.05, 0) is 41.0 Å². The number of cyclic esters (lactones) is 1. The summed E-state index contributed by atoms with van der Waals surface area (Å²) in [4.78, 5) is 13.6. The monoisotopic (exact) mass is 539 g/mol.